The van der Waals surface area contributed by atoms with Crippen LogP contribution in [0.15, 0.2) is 0 Å². The fourth-order valence-corrected chi connectivity index (χ4v) is 2.36. The third-order valence-electron chi connectivity index (χ3n) is 3.56. The molecule has 0 bridgehead atoms. The normalized spacial score (nSPS) is 24.5. The van der Waals surface area contributed by atoms with Crippen LogP contribution in [0.5, 0.6) is 0 Å². The van der Waals surface area contributed by atoms with E-state index >= 15 is 0 Å². The van der Waals surface area contributed by atoms with Gasteiger partial charge in [0.2, 0.25) is 0 Å². The molecule has 0 aromatic carbocycles. The van der Waals surface area contributed by atoms with Crippen LogP contribution in [0.1, 0.15) is 58.4 Å². The molecule has 0 amide bonds. The molecule has 0 aliphatic heterocycles. The van der Waals surface area contributed by atoms with Gasteiger partial charge in [0.1, 0.15) is 0 Å². The fourth-order valence-electron chi connectivity index (χ4n) is 2.36. The largest absolute Gasteiger partial charge is 0.378 e. The van der Waals surface area contributed by atoms with Crippen molar-refractivity contribution in [3.63, 3.8) is 0 Å². The summed E-state index contributed by atoms with van der Waals surface area (Å²) in [5.74, 6) is 1.55. The van der Waals surface area contributed by atoms with Crippen molar-refractivity contribution in [2.75, 3.05) is 13.2 Å². The summed E-state index contributed by atoms with van der Waals surface area (Å²) in [6.45, 7) is 10.3. The van der Waals surface area contributed by atoms with Gasteiger partial charge in [-0.3, -0.25) is 0 Å². The van der Waals surface area contributed by atoms with Gasteiger partial charge in [0, 0.05) is 6.61 Å². The minimum absolute atomic E-state index is 0.184. The van der Waals surface area contributed by atoms with Crippen LogP contribution in [0.3, 0.4) is 0 Å². The zero-order valence-electron chi connectivity index (χ0n) is 12.3. The molecular weight excluding hydrogens is 242 g/mol. The maximum atomic E-state index is 5.59. The number of aromatic nitrogens is 4. The van der Waals surface area contributed by atoms with Crippen molar-refractivity contribution < 1.29 is 4.74 Å². The van der Waals surface area contributed by atoms with E-state index in [1.54, 1.807) is 0 Å². The summed E-state index contributed by atoms with van der Waals surface area (Å²) < 4.78 is 7.55. The summed E-state index contributed by atoms with van der Waals surface area (Å²) in [6.07, 6.45) is 2.41. The highest BCUT2D eigenvalue weighted by molar-refractivity contribution is 4.96. The van der Waals surface area contributed by atoms with Gasteiger partial charge in [-0.2, -0.15) is 0 Å². The number of hydrogen-bond acceptors (Lipinski definition) is 5. The highest BCUT2D eigenvalue weighted by atomic mass is 16.5. The van der Waals surface area contributed by atoms with Gasteiger partial charge in [-0.25, -0.2) is 4.68 Å². The summed E-state index contributed by atoms with van der Waals surface area (Å²) >= 11 is 0. The van der Waals surface area contributed by atoms with E-state index in [2.05, 4.69) is 41.6 Å². The maximum absolute atomic E-state index is 5.59. The molecule has 1 fully saturated rings. The third-order valence-corrected chi connectivity index (χ3v) is 3.56. The monoisotopic (exact) mass is 267 g/mol. The fraction of sp³-hybridized carbons (Fsp3) is 0.923. The van der Waals surface area contributed by atoms with Crippen molar-refractivity contribution in [1.29, 1.82) is 0 Å². The molecule has 0 saturated heterocycles. The second-order valence-electron chi connectivity index (χ2n) is 5.71. The van der Waals surface area contributed by atoms with Crippen molar-refractivity contribution >= 4 is 0 Å². The smallest absolute Gasteiger partial charge is 0.168 e. The number of rotatable bonds is 7. The Kier molecular flexibility index (Phi) is 4.87. The molecule has 1 aliphatic rings. The molecule has 1 heterocycles. The molecule has 1 atom stereocenters. The van der Waals surface area contributed by atoms with Gasteiger partial charge in [-0.1, -0.05) is 13.8 Å². The highest BCUT2D eigenvalue weighted by Crippen LogP contribution is 2.35. The number of tetrazole rings is 1. The molecule has 1 unspecified atom stereocenters. The second-order valence-corrected chi connectivity index (χ2v) is 5.71. The van der Waals surface area contributed by atoms with Gasteiger partial charge in [-0.05, 0) is 49.6 Å². The average molecular weight is 267 g/mol. The Hall–Kier alpha value is -1.01. The summed E-state index contributed by atoms with van der Waals surface area (Å²) in [7, 11) is 0. The zero-order valence-corrected chi connectivity index (χ0v) is 12.3. The lowest BCUT2D eigenvalue weighted by molar-refractivity contribution is -0.0242. The summed E-state index contributed by atoms with van der Waals surface area (Å²) in [4.78, 5) is 0. The lowest BCUT2D eigenvalue weighted by Gasteiger charge is -2.35. The zero-order chi connectivity index (χ0) is 13.8. The molecule has 1 N–H and O–H groups in total. The predicted octanol–water partition coefficient (Wildman–Crippen LogP) is 1.72. The van der Waals surface area contributed by atoms with E-state index in [-0.39, 0.29) is 6.04 Å². The van der Waals surface area contributed by atoms with Crippen LogP contribution in [-0.4, -0.2) is 39.5 Å². The predicted molar refractivity (Wildman–Crippen MR) is 72.8 cm³/mol. The van der Waals surface area contributed by atoms with Crippen LogP contribution in [0.25, 0.3) is 0 Å². The van der Waals surface area contributed by atoms with E-state index < -0.39 is 0 Å². The number of hydrogen-bond donors (Lipinski definition) is 1. The van der Waals surface area contributed by atoms with Crippen molar-refractivity contribution in [2.24, 2.45) is 5.92 Å². The van der Waals surface area contributed by atoms with Crippen molar-refractivity contribution in [1.82, 2.24) is 25.5 Å². The van der Waals surface area contributed by atoms with Gasteiger partial charge in [0.05, 0.1) is 18.2 Å². The van der Waals surface area contributed by atoms with Crippen LogP contribution < -0.4 is 5.32 Å². The molecule has 1 saturated carbocycles. The average Bonchev–Trinajstić information content (AvgIpc) is 2.78. The molecule has 19 heavy (non-hydrogen) atoms. The lowest BCUT2D eigenvalue weighted by atomic mass is 9.89. The third kappa shape index (κ3) is 3.51. The van der Waals surface area contributed by atoms with Crippen molar-refractivity contribution in [3.8, 4) is 0 Å². The van der Waals surface area contributed by atoms with E-state index in [4.69, 9.17) is 4.74 Å². The van der Waals surface area contributed by atoms with E-state index in [0.717, 1.165) is 31.8 Å². The van der Waals surface area contributed by atoms with Gasteiger partial charge in [0.15, 0.2) is 5.82 Å². The Balaban J connectivity index is 1.91. The first-order valence-electron chi connectivity index (χ1n) is 7.24. The van der Waals surface area contributed by atoms with Crippen LogP contribution >= 0.6 is 0 Å². The van der Waals surface area contributed by atoms with E-state index in [1.807, 2.05) is 11.6 Å². The standard InChI is InChI=1S/C13H25N5O/c1-5-19-12-6-11(7-12)18-13(15-16-17-18)10(4)14-8-9(2)3/h9-12,14H,5-8H2,1-4H3. The molecular formula is C13H25N5O. The van der Waals surface area contributed by atoms with Crippen molar-refractivity contribution in [3.05, 3.63) is 5.82 Å². The Morgan fingerprint density at radius 3 is 2.74 bits per heavy atom. The van der Waals surface area contributed by atoms with Gasteiger partial charge >= 0.3 is 0 Å². The minimum Gasteiger partial charge on any atom is -0.378 e. The number of ether oxygens (including phenoxy) is 1. The first-order valence-corrected chi connectivity index (χ1v) is 7.24. The maximum Gasteiger partial charge on any atom is 0.168 e. The van der Waals surface area contributed by atoms with Gasteiger partial charge in [0.25, 0.3) is 0 Å². The molecule has 6 heteroatoms. The molecule has 0 radical (unpaired) electrons. The minimum atomic E-state index is 0.184. The quantitative estimate of drug-likeness (QED) is 0.815. The molecule has 1 aliphatic carbocycles. The van der Waals surface area contributed by atoms with Gasteiger partial charge < -0.3 is 10.1 Å². The summed E-state index contributed by atoms with van der Waals surface area (Å²) in [5.41, 5.74) is 0. The molecule has 108 valence electrons. The Morgan fingerprint density at radius 2 is 2.11 bits per heavy atom. The molecule has 6 nitrogen and oxygen atoms in total. The second kappa shape index (κ2) is 6.43. The van der Waals surface area contributed by atoms with Crippen LogP contribution in [0, 0.1) is 5.92 Å². The number of nitrogens with one attached hydrogen (secondary N) is 1. The first kappa shape index (κ1) is 14.4. The SMILES string of the molecule is CCOC1CC(n2nnnc2C(C)NCC(C)C)C1. The molecule has 1 aromatic heterocycles. The van der Waals surface area contributed by atoms with Crippen LogP contribution in [-0.2, 0) is 4.74 Å². The number of nitrogens with zero attached hydrogens (tertiary/aromatic N) is 4. The van der Waals surface area contributed by atoms with E-state index in [9.17, 15) is 0 Å². The molecule has 2 rings (SSSR count). The highest BCUT2D eigenvalue weighted by Gasteiger charge is 2.34. The molecule has 1 aromatic rings. The first-order chi connectivity index (χ1) is 9.11. The van der Waals surface area contributed by atoms with Gasteiger partial charge in [-0.15, -0.1) is 5.10 Å². The Bertz CT molecular complexity index is 386. The lowest BCUT2D eigenvalue weighted by Crippen LogP contribution is -2.36. The van der Waals surface area contributed by atoms with Crippen LogP contribution in [0.2, 0.25) is 0 Å². The van der Waals surface area contributed by atoms with Crippen LogP contribution in [0.4, 0.5) is 0 Å². The topological polar surface area (TPSA) is 64.9 Å². The van der Waals surface area contributed by atoms with E-state index in [1.165, 1.54) is 0 Å². The Morgan fingerprint density at radius 1 is 1.37 bits per heavy atom. The summed E-state index contributed by atoms with van der Waals surface area (Å²) in [6, 6.07) is 0.577. The van der Waals surface area contributed by atoms with Crippen molar-refractivity contribution in [2.45, 2.75) is 58.7 Å². The molecule has 0 spiro atoms. The summed E-state index contributed by atoms with van der Waals surface area (Å²) in [5, 5.41) is 15.6. The Labute approximate surface area is 114 Å². The van der Waals surface area contributed by atoms with E-state index in [0.29, 0.717) is 18.1 Å².